The number of rotatable bonds is 6. The van der Waals surface area contributed by atoms with E-state index in [1.165, 1.54) is 6.07 Å². The lowest BCUT2D eigenvalue weighted by Gasteiger charge is -2.29. The molecule has 0 spiro atoms. The first-order chi connectivity index (χ1) is 13.7. The molecule has 0 saturated heterocycles. The normalized spacial score (nSPS) is 17.7. The molecule has 5 nitrogen and oxygen atoms in total. The van der Waals surface area contributed by atoms with Crippen molar-refractivity contribution in [1.29, 1.82) is 0 Å². The van der Waals surface area contributed by atoms with Crippen molar-refractivity contribution >= 4 is 11.7 Å². The number of hydrogen-bond donors (Lipinski definition) is 2. The number of fused-ring (bicyclic) bond motifs is 1. The minimum Gasteiger partial charge on any atom is -0.330 e. The van der Waals surface area contributed by atoms with Gasteiger partial charge < -0.3 is 15.2 Å². The molecule has 1 aliphatic rings. The van der Waals surface area contributed by atoms with Gasteiger partial charge in [0.1, 0.15) is 11.6 Å². The summed E-state index contributed by atoms with van der Waals surface area (Å²) in [5, 5.41) is 6.28. The highest BCUT2D eigenvalue weighted by atomic mass is 19.1. The molecule has 2 atom stereocenters. The average molecular weight is 405 g/mol. The Labute approximate surface area is 170 Å². The van der Waals surface area contributed by atoms with Crippen LogP contribution in [0.15, 0.2) is 24.7 Å². The monoisotopic (exact) mass is 404 g/mol. The second-order valence-corrected chi connectivity index (χ2v) is 8.80. The number of aryl methyl sites for hydroxylation is 1. The minimum atomic E-state index is -0.536. The molecule has 1 unspecified atom stereocenters. The van der Waals surface area contributed by atoms with Gasteiger partial charge in [-0.15, -0.1) is 0 Å². The molecule has 0 saturated carbocycles. The van der Waals surface area contributed by atoms with Crippen molar-refractivity contribution in [3.8, 4) is 0 Å². The van der Waals surface area contributed by atoms with E-state index < -0.39 is 17.7 Å². The first-order valence-electron chi connectivity index (χ1n) is 10.3. The molecule has 0 aliphatic heterocycles. The van der Waals surface area contributed by atoms with Gasteiger partial charge in [-0.05, 0) is 63.6 Å². The number of imidazole rings is 1. The van der Waals surface area contributed by atoms with E-state index in [1.54, 1.807) is 6.33 Å². The van der Waals surface area contributed by atoms with Gasteiger partial charge in [-0.2, -0.15) is 0 Å². The van der Waals surface area contributed by atoms with Gasteiger partial charge >= 0.3 is 0 Å². The molecule has 1 aromatic heterocycles. The van der Waals surface area contributed by atoms with E-state index in [1.807, 2.05) is 17.7 Å². The maximum absolute atomic E-state index is 14.2. The summed E-state index contributed by atoms with van der Waals surface area (Å²) >= 11 is 0. The molecular formula is C22H30F2N4O. The molecule has 3 rings (SSSR count). The highest BCUT2D eigenvalue weighted by Gasteiger charge is 2.27. The van der Waals surface area contributed by atoms with Gasteiger partial charge in [0.25, 0.3) is 0 Å². The predicted octanol–water partition coefficient (Wildman–Crippen LogP) is 4.17. The Balaban J connectivity index is 1.67. The summed E-state index contributed by atoms with van der Waals surface area (Å²) in [5.41, 5.74) is 1.16. The van der Waals surface area contributed by atoms with E-state index in [-0.39, 0.29) is 17.5 Å². The van der Waals surface area contributed by atoms with Gasteiger partial charge in [-0.1, -0.05) is 13.3 Å². The molecule has 29 heavy (non-hydrogen) atoms. The standard InChI is InChI=1S/C22H30F2N4O/c1-5-6-19(21(29)27-20-12-28(13-25-20)22(2,3)4)26-16-8-7-14-9-15(23)10-18(24)17(14)11-16/h9-10,12-13,16,19,26H,5-8,11H2,1-4H3,(H,27,29)/t16?,19-/m0/s1. The third kappa shape index (κ3) is 5.21. The predicted molar refractivity (Wildman–Crippen MR) is 110 cm³/mol. The van der Waals surface area contributed by atoms with Crippen LogP contribution < -0.4 is 10.6 Å². The van der Waals surface area contributed by atoms with Crippen molar-refractivity contribution in [2.75, 3.05) is 5.32 Å². The summed E-state index contributed by atoms with van der Waals surface area (Å²) in [5.74, 6) is -0.666. The molecule has 1 amide bonds. The highest BCUT2D eigenvalue weighted by molar-refractivity contribution is 5.94. The van der Waals surface area contributed by atoms with Crippen LogP contribution in [0.4, 0.5) is 14.6 Å². The second-order valence-electron chi connectivity index (χ2n) is 8.80. The summed E-state index contributed by atoms with van der Waals surface area (Å²) in [6.45, 7) is 8.21. The number of benzene rings is 1. The minimum absolute atomic E-state index is 0.0307. The van der Waals surface area contributed by atoms with Crippen LogP contribution >= 0.6 is 0 Å². The van der Waals surface area contributed by atoms with Crippen LogP contribution in [0.2, 0.25) is 0 Å². The van der Waals surface area contributed by atoms with Crippen LogP contribution in [0.1, 0.15) is 58.1 Å². The number of amides is 1. The van der Waals surface area contributed by atoms with Crippen molar-refractivity contribution < 1.29 is 13.6 Å². The van der Waals surface area contributed by atoms with E-state index >= 15 is 0 Å². The van der Waals surface area contributed by atoms with Gasteiger partial charge in [0.2, 0.25) is 5.91 Å². The highest BCUT2D eigenvalue weighted by Crippen LogP contribution is 2.26. The largest absolute Gasteiger partial charge is 0.330 e. The topological polar surface area (TPSA) is 59.0 Å². The fourth-order valence-corrected chi connectivity index (χ4v) is 3.76. The fraction of sp³-hybridized carbons (Fsp3) is 0.545. The van der Waals surface area contributed by atoms with Crippen molar-refractivity contribution in [1.82, 2.24) is 14.9 Å². The average Bonchev–Trinajstić information content (AvgIpc) is 3.10. The van der Waals surface area contributed by atoms with Gasteiger partial charge in [-0.25, -0.2) is 13.8 Å². The molecule has 1 aliphatic carbocycles. The zero-order valence-corrected chi connectivity index (χ0v) is 17.6. The number of anilines is 1. The van der Waals surface area contributed by atoms with Crippen LogP contribution in [0, 0.1) is 11.6 Å². The number of nitrogens with zero attached hydrogens (tertiary/aromatic N) is 2. The SMILES string of the molecule is CCC[C@H](NC1CCc2cc(F)cc(F)c2C1)C(=O)Nc1cn(C(C)(C)C)cn1. The van der Waals surface area contributed by atoms with Crippen LogP contribution in [0.25, 0.3) is 0 Å². The number of hydrogen-bond acceptors (Lipinski definition) is 3. The molecule has 2 N–H and O–H groups in total. The lowest BCUT2D eigenvalue weighted by molar-refractivity contribution is -0.118. The van der Waals surface area contributed by atoms with Crippen LogP contribution in [0.3, 0.4) is 0 Å². The van der Waals surface area contributed by atoms with E-state index in [9.17, 15) is 13.6 Å². The first-order valence-corrected chi connectivity index (χ1v) is 10.3. The third-order valence-electron chi connectivity index (χ3n) is 5.40. The Hall–Kier alpha value is -2.28. The quantitative estimate of drug-likeness (QED) is 0.760. The Kier molecular flexibility index (Phi) is 6.36. The van der Waals surface area contributed by atoms with Gasteiger partial charge in [-0.3, -0.25) is 4.79 Å². The Morgan fingerprint density at radius 1 is 1.34 bits per heavy atom. The molecule has 0 fully saturated rings. The van der Waals surface area contributed by atoms with Crippen LogP contribution in [0.5, 0.6) is 0 Å². The van der Waals surface area contributed by atoms with E-state index in [0.29, 0.717) is 30.6 Å². The van der Waals surface area contributed by atoms with Crippen molar-refractivity contribution in [2.24, 2.45) is 0 Å². The van der Waals surface area contributed by atoms with Crippen LogP contribution in [-0.2, 0) is 23.2 Å². The summed E-state index contributed by atoms with van der Waals surface area (Å²) in [6, 6.07) is 1.92. The smallest absolute Gasteiger partial charge is 0.242 e. The molecule has 1 heterocycles. The van der Waals surface area contributed by atoms with E-state index in [2.05, 4.69) is 36.4 Å². The molecule has 2 aromatic rings. The van der Waals surface area contributed by atoms with Gasteiger partial charge in [0.05, 0.1) is 12.4 Å². The molecule has 0 radical (unpaired) electrons. The van der Waals surface area contributed by atoms with Crippen LogP contribution in [-0.4, -0.2) is 27.5 Å². The fourth-order valence-electron chi connectivity index (χ4n) is 3.76. The van der Waals surface area contributed by atoms with Gasteiger partial charge in [0, 0.05) is 23.8 Å². The molecule has 7 heteroatoms. The Bertz CT molecular complexity index is 872. The number of carbonyl (C=O) groups excluding carboxylic acids is 1. The second kappa shape index (κ2) is 8.61. The third-order valence-corrected chi connectivity index (χ3v) is 5.40. The number of nitrogens with one attached hydrogen (secondary N) is 2. The molecular weight excluding hydrogens is 374 g/mol. The zero-order chi connectivity index (χ0) is 21.2. The lowest BCUT2D eigenvalue weighted by Crippen LogP contribution is -2.48. The van der Waals surface area contributed by atoms with Crippen molar-refractivity contribution in [2.45, 2.75) is 77.4 Å². The summed E-state index contributed by atoms with van der Waals surface area (Å²) in [4.78, 5) is 17.1. The summed E-state index contributed by atoms with van der Waals surface area (Å²) < 4.78 is 29.6. The number of aromatic nitrogens is 2. The number of carbonyl (C=O) groups is 1. The van der Waals surface area contributed by atoms with E-state index in [0.717, 1.165) is 24.5 Å². The maximum Gasteiger partial charge on any atom is 0.242 e. The molecule has 1 aromatic carbocycles. The number of halogens is 2. The zero-order valence-electron chi connectivity index (χ0n) is 17.6. The molecule has 158 valence electrons. The first kappa shape index (κ1) is 21.4. The Morgan fingerprint density at radius 2 is 2.10 bits per heavy atom. The van der Waals surface area contributed by atoms with Crippen molar-refractivity contribution in [3.63, 3.8) is 0 Å². The molecule has 0 bridgehead atoms. The lowest BCUT2D eigenvalue weighted by atomic mass is 9.87. The maximum atomic E-state index is 14.2. The summed E-state index contributed by atoms with van der Waals surface area (Å²) in [6.07, 6.45) is 6.82. The van der Waals surface area contributed by atoms with E-state index in [4.69, 9.17) is 0 Å². The Morgan fingerprint density at radius 3 is 2.76 bits per heavy atom. The van der Waals surface area contributed by atoms with Gasteiger partial charge in [0.15, 0.2) is 5.82 Å². The summed E-state index contributed by atoms with van der Waals surface area (Å²) in [7, 11) is 0. The van der Waals surface area contributed by atoms with Crippen molar-refractivity contribution in [3.05, 3.63) is 47.4 Å².